The van der Waals surface area contributed by atoms with Crippen LogP contribution in [0.5, 0.6) is 0 Å². The molecule has 0 bridgehead atoms. The van der Waals surface area contributed by atoms with E-state index in [9.17, 15) is 4.79 Å². The predicted octanol–water partition coefficient (Wildman–Crippen LogP) is 4.59. The van der Waals surface area contributed by atoms with Crippen molar-refractivity contribution in [3.63, 3.8) is 0 Å². The third-order valence-electron chi connectivity index (χ3n) is 3.33. The molecule has 0 aliphatic heterocycles. The van der Waals surface area contributed by atoms with Gasteiger partial charge in [-0.1, -0.05) is 22.0 Å². The first-order valence-electron chi connectivity index (χ1n) is 6.01. The molecule has 0 amide bonds. The number of halogens is 2. The average molecular weight is 341 g/mol. The molecule has 0 saturated heterocycles. The predicted molar refractivity (Wildman–Crippen MR) is 82.7 cm³/mol. The lowest BCUT2D eigenvalue weighted by molar-refractivity contribution is 0.102. The minimum atomic E-state index is -0.0336. The van der Waals surface area contributed by atoms with Crippen molar-refractivity contribution < 1.29 is 4.79 Å². The first-order valence-corrected chi connectivity index (χ1v) is 7.33. The van der Waals surface area contributed by atoms with Gasteiger partial charge in [0.1, 0.15) is 0 Å². The molecular weight excluding hydrogens is 326 g/mol. The maximum atomic E-state index is 11.8. The summed E-state index contributed by atoms with van der Waals surface area (Å²) < 4.78 is 3.16. The highest BCUT2D eigenvalue weighted by molar-refractivity contribution is 9.10. The SMILES string of the molecule is Cc1c(Br)cccc1-n1c(C)cc(C(=O)CCl)c1C. The van der Waals surface area contributed by atoms with Crippen LogP contribution in [0.4, 0.5) is 0 Å². The van der Waals surface area contributed by atoms with E-state index in [1.165, 1.54) is 0 Å². The first kappa shape index (κ1) is 14.4. The molecule has 0 saturated carbocycles. The van der Waals surface area contributed by atoms with Gasteiger partial charge in [-0.25, -0.2) is 0 Å². The summed E-state index contributed by atoms with van der Waals surface area (Å²) in [4.78, 5) is 11.8. The van der Waals surface area contributed by atoms with Crippen LogP contribution in [-0.4, -0.2) is 16.2 Å². The zero-order valence-corrected chi connectivity index (χ0v) is 13.5. The van der Waals surface area contributed by atoms with E-state index in [4.69, 9.17) is 11.6 Å². The van der Waals surface area contributed by atoms with Crippen molar-refractivity contribution in [3.05, 3.63) is 51.3 Å². The number of carbonyl (C=O) groups excluding carboxylic acids is 1. The molecule has 0 spiro atoms. The number of alkyl halides is 1. The van der Waals surface area contributed by atoms with Crippen molar-refractivity contribution in [2.45, 2.75) is 20.8 Å². The van der Waals surface area contributed by atoms with Gasteiger partial charge in [0.15, 0.2) is 5.78 Å². The number of hydrogen-bond acceptors (Lipinski definition) is 1. The second-order valence-electron chi connectivity index (χ2n) is 4.56. The van der Waals surface area contributed by atoms with Gasteiger partial charge in [-0.15, -0.1) is 11.6 Å². The lowest BCUT2D eigenvalue weighted by Gasteiger charge is -2.13. The van der Waals surface area contributed by atoms with E-state index in [1.54, 1.807) is 0 Å². The molecule has 1 aromatic heterocycles. The normalized spacial score (nSPS) is 10.8. The third kappa shape index (κ3) is 2.49. The maximum Gasteiger partial charge on any atom is 0.179 e. The van der Waals surface area contributed by atoms with Crippen LogP contribution >= 0.6 is 27.5 Å². The van der Waals surface area contributed by atoms with Gasteiger partial charge < -0.3 is 4.57 Å². The fourth-order valence-corrected chi connectivity index (χ4v) is 2.83. The first-order chi connectivity index (χ1) is 8.97. The van der Waals surface area contributed by atoms with E-state index in [2.05, 4.69) is 33.5 Å². The van der Waals surface area contributed by atoms with E-state index >= 15 is 0 Å². The van der Waals surface area contributed by atoms with E-state index in [1.807, 2.05) is 32.0 Å². The van der Waals surface area contributed by atoms with E-state index in [0.717, 1.165) is 27.1 Å². The highest BCUT2D eigenvalue weighted by Gasteiger charge is 2.17. The zero-order valence-electron chi connectivity index (χ0n) is 11.1. The molecule has 0 unspecified atom stereocenters. The fraction of sp³-hybridized carbons (Fsp3) is 0.267. The summed E-state index contributed by atoms with van der Waals surface area (Å²) in [5.74, 6) is -0.0180. The smallest absolute Gasteiger partial charge is 0.179 e. The molecule has 2 aromatic rings. The number of hydrogen-bond donors (Lipinski definition) is 0. The summed E-state index contributed by atoms with van der Waals surface area (Å²) >= 11 is 9.20. The largest absolute Gasteiger partial charge is 0.317 e. The summed E-state index contributed by atoms with van der Waals surface area (Å²) in [6.07, 6.45) is 0. The van der Waals surface area contributed by atoms with Crippen molar-refractivity contribution in [2.75, 3.05) is 5.88 Å². The zero-order chi connectivity index (χ0) is 14.2. The third-order valence-corrected chi connectivity index (χ3v) is 4.43. The number of ketones is 1. The average Bonchev–Trinajstić information content (AvgIpc) is 2.68. The number of nitrogens with zero attached hydrogens (tertiary/aromatic N) is 1. The number of benzene rings is 1. The Morgan fingerprint density at radius 1 is 1.32 bits per heavy atom. The van der Waals surface area contributed by atoms with Gasteiger partial charge in [0.25, 0.3) is 0 Å². The molecule has 0 aliphatic carbocycles. The molecule has 0 aliphatic rings. The monoisotopic (exact) mass is 339 g/mol. The highest BCUT2D eigenvalue weighted by Crippen LogP contribution is 2.27. The Bertz CT molecular complexity index is 646. The van der Waals surface area contributed by atoms with Crippen LogP contribution < -0.4 is 0 Å². The molecule has 1 aromatic carbocycles. The minimum Gasteiger partial charge on any atom is -0.317 e. The molecular formula is C15H15BrClNO. The number of aromatic nitrogens is 1. The molecule has 100 valence electrons. The van der Waals surface area contributed by atoms with E-state index in [-0.39, 0.29) is 11.7 Å². The number of Topliss-reactive ketones (excluding diaryl/α,β-unsaturated/α-hetero) is 1. The van der Waals surface area contributed by atoms with Crippen LogP contribution in [0.15, 0.2) is 28.7 Å². The van der Waals surface area contributed by atoms with E-state index < -0.39 is 0 Å². The van der Waals surface area contributed by atoms with Crippen LogP contribution in [-0.2, 0) is 0 Å². The summed E-state index contributed by atoms with van der Waals surface area (Å²) in [7, 11) is 0. The lowest BCUT2D eigenvalue weighted by atomic mass is 10.1. The van der Waals surface area contributed by atoms with Gasteiger partial charge in [0.2, 0.25) is 0 Å². The Morgan fingerprint density at radius 2 is 2.00 bits per heavy atom. The van der Waals surface area contributed by atoms with Gasteiger partial charge >= 0.3 is 0 Å². The minimum absolute atomic E-state index is 0.0156. The van der Waals surface area contributed by atoms with Crippen LogP contribution in [0.1, 0.15) is 27.3 Å². The number of aryl methyl sites for hydroxylation is 1. The molecule has 0 atom stereocenters. The summed E-state index contributed by atoms with van der Waals surface area (Å²) in [5.41, 5.74) is 4.90. The van der Waals surface area contributed by atoms with Crippen molar-refractivity contribution in [3.8, 4) is 5.69 Å². The van der Waals surface area contributed by atoms with E-state index in [0.29, 0.717) is 5.56 Å². The molecule has 2 nitrogen and oxygen atoms in total. The maximum absolute atomic E-state index is 11.8. The molecule has 19 heavy (non-hydrogen) atoms. The molecule has 1 heterocycles. The van der Waals surface area contributed by atoms with Gasteiger partial charge in [-0.2, -0.15) is 0 Å². The molecule has 0 radical (unpaired) electrons. The summed E-state index contributed by atoms with van der Waals surface area (Å²) in [6, 6.07) is 7.96. The summed E-state index contributed by atoms with van der Waals surface area (Å²) in [5, 5.41) is 0. The molecule has 4 heteroatoms. The Hall–Kier alpha value is -1.06. The van der Waals surface area contributed by atoms with Gasteiger partial charge in [-0.3, -0.25) is 4.79 Å². The van der Waals surface area contributed by atoms with Gasteiger partial charge in [0, 0.05) is 27.1 Å². The van der Waals surface area contributed by atoms with Crippen molar-refractivity contribution in [2.24, 2.45) is 0 Å². The Balaban J connectivity index is 2.67. The second-order valence-corrected chi connectivity index (χ2v) is 5.68. The lowest BCUT2D eigenvalue weighted by Crippen LogP contribution is -2.05. The fourth-order valence-electron chi connectivity index (χ4n) is 2.33. The quantitative estimate of drug-likeness (QED) is 0.592. The van der Waals surface area contributed by atoms with Crippen molar-refractivity contribution in [1.82, 2.24) is 4.57 Å². The Kier molecular flexibility index (Phi) is 4.16. The standard InChI is InChI=1S/C15H15BrClNO/c1-9-7-12(15(19)8-17)11(3)18(9)14-6-4-5-13(16)10(14)2/h4-7H,8H2,1-3H3. The Labute approximate surface area is 126 Å². The van der Waals surface area contributed by atoms with Gasteiger partial charge in [0.05, 0.1) is 5.88 Å². The number of carbonyl (C=O) groups is 1. The van der Waals surface area contributed by atoms with Crippen LogP contribution in [0.3, 0.4) is 0 Å². The van der Waals surface area contributed by atoms with Crippen LogP contribution in [0.25, 0.3) is 5.69 Å². The molecule has 0 N–H and O–H groups in total. The topological polar surface area (TPSA) is 22.0 Å². The van der Waals surface area contributed by atoms with Crippen molar-refractivity contribution >= 4 is 33.3 Å². The Morgan fingerprint density at radius 3 is 2.63 bits per heavy atom. The molecule has 0 fully saturated rings. The van der Waals surface area contributed by atoms with Crippen LogP contribution in [0.2, 0.25) is 0 Å². The highest BCUT2D eigenvalue weighted by atomic mass is 79.9. The number of rotatable bonds is 3. The van der Waals surface area contributed by atoms with Crippen molar-refractivity contribution in [1.29, 1.82) is 0 Å². The van der Waals surface area contributed by atoms with Crippen LogP contribution in [0, 0.1) is 20.8 Å². The summed E-state index contributed by atoms with van der Waals surface area (Å²) in [6.45, 7) is 6.01. The van der Waals surface area contributed by atoms with Gasteiger partial charge in [-0.05, 0) is 44.5 Å². The molecule has 2 rings (SSSR count). The second kappa shape index (κ2) is 5.51.